The minimum Gasteiger partial charge on any atom is -0.382 e. The number of fused-ring (bicyclic) bond motifs is 10. The van der Waals surface area contributed by atoms with Crippen molar-refractivity contribution in [1.29, 1.82) is 0 Å². The Labute approximate surface area is 166 Å². The number of aromatic amines is 2. The Hall–Kier alpha value is -3.09. The van der Waals surface area contributed by atoms with Crippen LogP contribution in [0.5, 0.6) is 0 Å². The van der Waals surface area contributed by atoms with E-state index >= 15 is 4.39 Å². The molecule has 7 rings (SSSR count). The molecular weight excluding hydrogens is 367 g/mol. The number of nitrogens with two attached hydrogens (primary N) is 1. The molecule has 5 unspecified atom stereocenters. The molecule has 2 bridgehead atoms. The number of anilines is 2. The van der Waals surface area contributed by atoms with Crippen LogP contribution in [0.15, 0.2) is 30.5 Å². The van der Waals surface area contributed by atoms with E-state index in [9.17, 15) is 0 Å². The monoisotopic (exact) mass is 388 g/mol. The molecule has 5 atom stereocenters. The number of hydrogen-bond donors (Lipinski definition) is 4. The van der Waals surface area contributed by atoms with Gasteiger partial charge >= 0.3 is 0 Å². The van der Waals surface area contributed by atoms with E-state index in [-0.39, 0.29) is 11.9 Å². The first-order chi connectivity index (χ1) is 14.2. The number of benzene rings is 2. The van der Waals surface area contributed by atoms with Crippen LogP contribution < -0.4 is 11.1 Å². The quantitative estimate of drug-likeness (QED) is 0.387. The second kappa shape index (κ2) is 5.28. The van der Waals surface area contributed by atoms with Crippen LogP contribution in [-0.2, 0) is 0 Å². The van der Waals surface area contributed by atoms with Gasteiger partial charge in [-0.05, 0) is 66.2 Å². The highest BCUT2D eigenvalue weighted by atomic mass is 19.1. The smallest absolute Gasteiger partial charge is 0.153 e. The standard InChI is InChI=1S/C22H21FN6/c23-14-7-16-13(8-25-27-16)19-17-9-1-2-10(5-9)18(17)20(26-21(14)19)11-3-4-15-12(6-11)22(24)29-28-15/h3-4,6-10,17-18,20,26H,1-2,5H2,(H,25,27)(H3,24,28,29). The fraction of sp³-hybridized carbons (Fsp3) is 0.364. The molecule has 6 nitrogen and oxygen atoms in total. The number of H-pyrrole nitrogens is 2. The maximum atomic E-state index is 15.2. The molecule has 29 heavy (non-hydrogen) atoms. The molecule has 0 spiro atoms. The molecule has 0 saturated heterocycles. The number of aromatic nitrogens is 4. The van der Waals surface area contributed by atoms with Crippen LogP contribution in [0.25, 0.3) is 21.8 Å². The van der Waals surface area contributed by atoms with E-state index in [1.54, 1.807) is 6.07 Å². The van der Waals surface area contributed by atoms with E-state index < -0.39 is 0 Å². The second-order valence-corrected chi connectivity index (χ2v) is 8.95. The lowest BCUT2D eigenvalue weighted by Gasteiger charge is -2.43. The van der Waals surface area contributed by atoms with Crippen molar-refractivity contribution in [3.8, 4) is 0 Å². The van der Waals surface area contributed by atoms with Gasteiger partial charge in [0.1, 0.15) is 5.82 Å². The average Bonchev–Trinajstić information content (AvgIpc) is 3.51. The van der Waals surface area contributed by atoms with Crippen molar-refractivity contribution in [1.82, 2.24) is 20.4 Å². The molecule has 146 valence electrons. The Kier molecular flexibility index (Phi) is 2.88. The molecule has 2 fully saturated rings. The summed E-state index contributed by atoms with van der Waals surface area (Å²) in [5.41, 5.74) is 10.7. The molecule has 0 amide bonds. The Morgan fingerprint density at radius 2 is 1.93 bits per heavy atom. The summed E-state index contributed by atoms with van der Waals surface area (Å²) in [6.07, 6.45) is 5.59. The van der Waals surface area contributed by atoms with Crippen LogP contribution in [0.1, 0.15) is 42.3 Å². The largest absolute Gasteiger partial charge is 0.382 e. The Morgan fingerprint density at radius 1 is 1.03 bits per heavy atom. The first-order valence-corrected chi connectivity index (χ1v) is 10.3. The Bertz CT molecular complexity index is 1290. The summed E-state index contributed by atoms with van der Waals surface area (Å²) in [5, 5.41) is 19.8. The number of hydrogen-bond acceptors (Lipinski definition) is 4. The molecule has 1 aliphatic heterocycles. The lowest BCUT2D eigenvalue weighted by atomic mass is 9.67. The van der Waals surface area contributed by atoms with Gasteiger partial charge in [0.05, 0.1) is 29.0 Å². The Balaban J connectivity index is 1.46. The summed E-state index contributed by atoms with van der Waals surface area (Å²) in [5.74, 6) is 2.41. The number of nitrogens with zero attached hydrogens (tertiary/aromatic N) is 2. The topological polar surface area (TPSA) is 95.4 Å². The summed E-state index contributed by atoms with van der Waals surface area (Å²) in [7, 11) is 0. The van der Waals surface area contributed by atoms with E-state index in [0.717, 1.165) is 32.9 Å². The van der Waals surface area contributed by atoms with Crippen LogP contribution >= 0.6 is 0 Å². The van der Waals surface area contributed by atoms with Crippen LogP contribution in [0.3, 0.4) is 0 Å². The van der Waals surface area contributed by atoms with E-state index in [1.807, 2.05) is 12.3 Å². The normalized spacial score (nSPS) is 29.9. The van der Waals surface area contributed by atoms with Gasteiger partial charge in [0.15, 0.2) is 5.82 Å². The molecule has 2 aromatic heterocycles. The lowest BCUT2D eigenvalue weighted by Crippen LogP contribution is -2.36. The highest BCUT2D eigenvalue weighted by molar-refractivity contribution is 5.90. The fourth-order valence-electron chi connectivity index (χ4n) is 6.62. The van der Waals surface area contributed by atoms with Crippen molar-refractivity contribution in [2.24, 2.45) is 17.8 Å². The third-order valence-electron chi connectivity index (χ3n) is 7.71. The molecule has 5 N–H and O–H groups in total. The average molecular weight is 388 g/mol. The highest BCUT2D eigenvalue weighted by Gasteiger charge is 2.54. The van der Waals surface area contributed by atoms with Crippen molar-refractivity contribution >= 4 is 33.3 Å². The van der Waals surface area contributed by atoms with Gasteiger partial charge in [-0.3, -0.25) is 10.2 Å². The molecule has 3 aliphatic rings. The van der Waals surface area contributed by atoms with Crippen molar-refractivity contribution in [3.05, 3.63) is 47.4 Å². The SMILES string of the molecule is Nc1n[nH]c2ccc(C3Nc4c(F)cc5[nH]ncc5c4C4C5CCC(C5)C34)cc12. The maximum Gasteiger partial charge on any atom is 0.153 e. The summed E-state index contributed by atoms with van der Waals surface area (Å²) in [6, 6.07) is 7.91. The number of rotatable bonds is 1. The van der Waals surface area contributed by atoms with Gasteiger partial charge in [0, 0.05) is 16.8 Å². The zero-order chi connectivity index (χ0) is 19.3. The van der Waals surface area contributed by atoms with Crippen molar-refractivity contribution in [3.63, 3.8) is 0 Å². The summed E-state index contributed by atoms with van der Waals surface area (Å²) in [6.45, 7) is 0. The zero-order valence-corrected chi connectivity index (χ0v) is 15.7. The van der Waals surface area contributed by atoms with Gasteiger partial charge in [-0.2, -0.15) is 10.2 Å². The number of halogens is 1. The molecule has 2 saturated carbocycles. The minimum atomic E-state index is -0.202. The molecule has 2 aliphatic carbocycles. The first-order valence-electron chi connectivity index (χ1n) is 10.3. The van der Waals surface area contributed by atoms with Crippen molar-refractivity contribution in [2.75, 3.05) is 11.1 Å². The summed E-state index contributed by atoms with van der Waals surface area (Å²) < 4.78 is 15.2. The summed E-state index contributed by atoms with van der Waals surface area (Å²) >= 11 is 0. The van der Waals surface area contributed by atoms with Crippen LogP contribution in [0.4, 0.5) is 15.9 Å². The van der Waals surface area contributed by atoms with E-state index in [1.165, 1.54) is 19.3 Å². The van der Waals surface area contributed by atoms with Gasteiger partial charge in [-0.25, -0.2) is 4.39 Å². The molecule has 3 heterocycles. The van der Waals surface area contributed by atoms with E-state index in [2.05, 4.69) is 37.8 Å². The predicted octanol–water partition coefficient (Wildman–Crippen LogP) is 4.46. The third kappa shape index (κ3) is 1.95. The minimum absolute atomic E-state index is 0.0698. The van der Waals surface area contributed by atoms with Crippen LogP contribution in [0.2, 0.25) is 0 Å². The lowest BCUT2D eigenvalue weighted by molar-refractivity contribution is 0.248. The van der Waals surface area contributed by atoms with Gasteiger partial charge in [-0.15, -0.1) is 0 Å². The number of nitrogen functional groups attached to an aromatic ring is 1. The number of nitrogens with one attached hydrogen (secondary N) is 3. The van der Waals surface area contributed by atoms with Gasteiger partial charge in [0.2, 0.25) is 0 Å². The zero-order valence-electron chi connectivity index (χ0n) is 15.7. The van der Waals surface area contributed by atoms with Gasteiger partial charge in [0.25, 0.3) is 0 Å². The molecule has 0 radical (unpaired) electrons. The van der Waals surface area contributed by atoms with Crippen molar-refractivity contribution < 1.29 is 4.39 Å². The third-order valence-corrected chi connectivity index (χ3v) is 7.71. The van der Waals surface area contributed by atoms with Crippen LogP contribution in [0, 0.1) is 23.6 Å². The van der Waals surface area contributed by atoms with E-state index in [4.69, 9.17) is 5.73 Å². The Morgan fingerprint density at radius 3 is 2.86 bits per heavy atom. The molecule has 4 aromatic rings. The second-order valence-electron chi connectivity index (χ2n) is 8.95. The highest BCUT2D eigenvalue weighted by Crippen LogP contribution is 2.64. The molecular formula is C22H21FN6. The van der Waals surface area contributed by atoms with Crippen LogP contribution in [-0.4, -0.2) is 20.4 Å². The molecule has 2 aromatic carbocycles. The summed E-state index contributed by atoms with van der Waals surface area (Å²) in [4.78, 5) is 0. The van der Waals surface area contributed by atoms with Gasteiger partial charge in [-0.1, -0.05) is 6.07 Å². The van der Waals surface area contributed by atoms with Crippen molar-refractivity contribution in [2.45, 2.75) is 31.2 Å². The first kappa shape index (κ1) is 15.8. The van der Waals surface area contributed by atoms with Gasteiger partial charge < -0.3 is 11.1 Å². The fourth-order valence-corrected chi connectivity index (χ4v) is 6.62. The predicted molar refractivity (Wildman–Crippen MR) is 110 cm³/mol. The van der Waals surface area contributed by atoms with E-state index in [0.29, 0.717) is 35.2 Å². The maximum absolute atomic E-state index is 15.2. The molecule has 7 heteroatoms.